The zero-order valence-corrected chi connectivity index (χ0v) is 8.63. The van der Waals surface area contributed by atoms with Gasteiger partial charge in [-0.3, -0.25) is 8.78 Å². The van der Waals surface area contributed by atoms with Crippen LogP contribution in [0.2, 0.25) is 0 Å². The van der Waals surface area contributed by atoms with Gasteiger partial charge in [-0.15, -0.1) is 0 Å². The first-order valence-corrected chi connectivity index (χ1v) is 5.89. The number of hydrogen-bond acceptors (Lipinski definition) is 2. The molecule has 0 saturated carbocycles. The first-order chi connectivity index (χ1) is 6.11. The molecule has 74 valence electrons. The summed E-state index contributed by atoms with van der Waals surface area (Å²) in [7, 11) is -0.780. The molecule has 13 heavy (non-hydrogen) atoms. The van der Waals surface area contributed by atoms with E-state index >= 15 is 0 Å². The second kappa shape index (κ2) is 4.41. The number of aromatic nitrogens is 2. The number of nitrogens with one attached hydrogen (secondary N) is 1. The summed E-state index contributed by atoms with van der Waals surface area (Å²) in [5.41, 5.74) is -0.102. The highest BCUT2D eigenvalue weighted by Crippen LogP contribution is 2.07. The molecule has 0 saturated heterocycles. The van der Waals surface area contributed by atoms with Crippen molar-refractivity contribution in [2.45, 2.75) is 19.4 Å². The van der Waals surface area contributed by atoms with Gasteiger partial charge in [-0.05, 0) is 13.3 Å². The Bertz CT molecular complexity index is 342. The highest BCUT2D eigenvalue weighted by atomic mass is 32.2. The Morgan fingerprint density at radius 2 is 2.38 bits per heavy atom. The number of rotatable bonds is 4. The van der Waals surface area contributed by atoms with Crippen molar-refractivity contribution < 1.29 is 4.21 Å². The summed E-state index contributed by atoms with van der Waals surface area (Å²) in [6, 6.07) is 0.114. The third-order valence-electron chi connectivity index (χ3n) is 1.97. The maximum atomic E-state index is 11.1. The fraction of sp³-hybridized carbons (Fsp3) is 0.625. The second-order valence-electron chi connectivity index (χ2n) is 3.09. The van der Waals surface area contributed by atoms with Gasteiger partial charge in [-0.25, -0.2) is 4.79 Å². The summed E-state index contributed by atoms with van der Waals surface area (Å²) in [6.07, 6.45) is 5.76. The molecule has 1 rings (SSSR count). The van der Waals surface area contributed by atoms with Gasteiger partial charge in [0.1, 0.15) is 0 Å². The molecule has 1 N–H and O–H groups in total. The minimum absolute atomic E-state index is 0.102. The van der Waals surface area contributed by atoms with E-state index in [1.807, 2.05) is 6.92 Å². The van der Waals surface area contributed by atoms with Crippen molar-refractivity contribution in [2.24, 2.45) is 0 Å². The molecule has 1 aromatic rings. The lowest BCUT2D eigenvalue weighted by molar-refractivity contribution is 0.517. The van der Waals surface area contributed by atoms with E-state index in [1.54, 1.807) is 23.2 Å². The quantitative estimate of drug-likeness (QED) is 0.773. The fourth-order valence-corrected chi connectivity index (χ4v) is 1.83. The number of aromatic amines is 1. The molecular formula is C8H14N2O2S. The van der Waals surface area contributed by atoms with E-state index in [0.29, 0.717) is 5.75 Å². The molecule has 0 aliphatic carbocycles. The molecule has 0 aromatic carbocycles. The molecule has 0 bridgehead atoms. The molecule has 0 aliphatic heterocycles. The van der Waals surface area contributed by atoms with Crippen molar-refractivity contribution in [2.75, 3.05) is 12.0 Å². The maximum Gasteiger partial charge on any atom is 0.325 e. The molecular weight excluding hydrogens is 188 g/mol. The van der Waals surface area contributed by atoms with Crippen LogP contribution in [0.1, 0.15) is 19.4 Å². The molecule has 1 aromatic heterocycles. The van der Waals surface area contributed by atoms with Crippen LogP contribution in [0.25, 0.3) is 0 Å². The highest BCUT2D eigenvalue weighted by molar-refractivity contribution is 7.84. The Kier molecular flexibility index (Phi) is 3.48. The van der Waals surface area contributed by atoms with Gasteiger partial charge in [-0.1, -0.05) is 0 Å². The third kappa shape index (κ3) is 2.84. The Hall–Kier alpha value is -0.840. The van der Waals surface area contributed by atoms with Gasteiger partial charge in [0, 0.05) is 41.2 Å². The van der Waals surface area contributed by atoms with E-state index < -0.39 is 10.8 Å². The summed E-state index contributed by atoms with van der Waals surface area (Å²) < 4.78 is 12.4. The minimum atomic E-state index is -0.780. The normalized spacial score (nSPS) is 15.5. The summed E-state index contributed by atoms with van der Waals surface area (Å²) in [5, 5.41) is 0. The van der Waals surface area contributed by atoms with E-state index in [4.69, 9.17) is 0 Å². The van der Waals surface area contributed by atoms with Crippen molar-refractivity contribution in [1.82, 2.24) is 9.55 Å². The molecule has 0 spiro atoms. The van der Waals surface area contributed by atoms with E-state index in [2.05, 4.69) is 4.98 Å². The van der Waals surface area contributed by atoms with Crippen LogP contribution in [0.3, 0.4) is 0 Å². The van der Waals surface area contributed by atoms with Gasteiger partial charge >= 0.3 is 5.69 Å². The van der Waals surface area contributed by atoms with Crippen LogP contribution in [0.5, 0.6) is 0 Å². The van der Waals surface area contributed by atoms with Crippen LogP contribution in [-0.2, 0) is 10.8 Å². The predicted molar refractivity (Wildman–Crippen MR) is 53.3 cm³/mol. The maximum absolute atomic E-state index is 11.1. The average Bonchev–Trinajstić information content (AvgIpc) is 2.47. The molecule has 0 aliphatic rings. The van der Waals surface area contributed by atoms with Gasteiger partial charge in [0.05, 0.1) is 0 Å². The van der Waals surface area contributed by atoms with Crippen LogP contribution in [0.4, 0.5) is 0 Å². The van der Waals surface area contributed by atoms with Crippen LogP contribution < -0.4 is 5.69 Å². The zero-order chi connectivity index (χ0) is 9.84. The number of nitrogens with zero attached hydrogens (tertiary/aromatic N) is 1. The zero-order valence-electron chi connectivity index (χ0n) is 7.82. The predicted octanol–water partition coefficient (Wildman–Crippen LogP) is 0.506. The molecule has 2 atom stereocenters. The van der Waals surface area contributed by atoms with Crippen LogP contribution in [0, 0.1) is 0 Å². The van der Waals surface area contributed by atoms with Crippen molar-refractivity contribution >= 4 is 10.8 Å². The smallest absolute Gasteiger partial charge is 0.313 e. The molecule has 2 unspecified atom stereocenters. The monoisotopic (exact) mass is 202 g/mol. The lowest BCUT2D eigenvalue weighted by Gasteiger charge is -2.10. The summed E-state index contributed by atoms with van der Waals surface area (Å²) >= 11 is 0. The molecule has 4 nitrogen and oxygen atoms in total. The lowest BCUT2D eigenvalue weighted by Crippen LogP contribution is -2.21. The van der Waals surface area contributed by atoms with Gasteiger partial charge in [0.15, 0.2) is 0 Å². The molecule has 0 radical (unpaired) electrons. The summed E-state index contributed by atoms with van der Waals surface area (Å²) in [6.45, 7) is 1.95. The Morgan fingerprint density at radius 1 is 1.69 bits per heavy atom. The van der Waals surface area contributed by atoms with Crippen LogP contribution >= 0.6 is 0 Å². The van der Waals surface area contributed by atoms with E-state index in [1.165, 1.54) is 0 Å². The van der Waals surface area contributed by atoms with E-state index in [0.717, 1.165) is 6.42 Å². The topological polar surface area (TPSA) is 54.9 Å². The molecule has 5 heteroatoms. The average molecular weight is 202 g/mol. The standard InChI is InChI=1S/C8H14N2O2S/c1-7(3-6-13(2)12)10-5-4-9-8(10)11/h4-5,7H,3,6H2,1-2H3,(H,9,11). The van der Waals surface area contributed by atoms with Crippen molar-refractivity contribution in [3.63, 3.8) is 0 Å². The third-order valence-corrected chi connectivity index (χ3v) is 2.79. The summed E-state index contributed by atoms with van der Waals surface area (Å²) in [5.74, 6) is 0.638. The Labute approximate surface area is 79.4 Å². The van der Waals surface area contributed by atoms with Crippen molar-refractivity contribution in [1.29, 1.82) is 0 Å². The molecule has 0 fully saturated rings. The van der Waals surface area contributed by atoms with Gasteiger partial charge in [-0.2, -0.15) is 0 Å². The molecule has 0 amide bonds. The SMILES string of the molecule is CC(CCS(C)=O)n1cc[nH]c1=O. The number of H-pyrrole nitrogens is 1. The minimum Gasteiger partial charge on any atom is -0.313 e. The number of hydrogen-bond donors (Lipinski definition) is 1. The largest absolute Gasteiger partial charge is 0.325 e. The Morgan fingerprint density at radius 3 is 2.85 bits per heavy atom. The van der Waals surface area contributed by atoms with Crippen molar-refractivity contribution in [3.05, 3.63) is 22.9 Å². The van der Waals surface area contributed by atoms with E-state index in [-0.39, 0.29) is 11.7 Å². The van der Waals surface area contributed by atoms with Crippen LogP contribution in [0.15, 0.2) is 17.2 Å². The first-order valence-electron chi connectivity index (χ1n) is 4.17. The van der Waals surface area contributed by atoms with Crippen LogP contribution in [-0.4, -0.2) is 25.8 Å². The first kappa shape index (κ1) is 10.2. The van der Waals surface area contributed by atoms with Gasteiger partial charge in [0.2, 0.25) is 0 Å². The van der Waals surface area contributed by atoms with Gasteiger partial charge < -0.3 is 4.98 Å². The second-order valence-corrected chi connectivity index (χ2v) is 4.64. The molecule has 1 heterocycles. The van der Waals surface area contributed by atoms with Gasteiger partial charge in [0.25, 0.3) is 0 Å². The Balaban J connectivity index is 2.59. The fourth-order valence-electron chi connectivity index (χ4n) is 1.15. The summed E-state index contributed by atoms with van der Waals surface area (Å²) in [4.78, 5) is 13.7. The van der Waals surface area contributed by atoms with Crippen molar-refractivity contribution in [3.8, 4) is 0 Å². The number of imidazole rings is 1. The highest BCUT2D eigenvalue weighted by Gasteiger charge is 2.06. The lowest BCUT2D eigenvalue weighted by atomic mass is 10.2. The van der Waals surface area contributed by atoms with E-state index in [9.17, 15) is 9.00 Å².